The summed E-state index contributed by atoms with van der Waals surface area (Å²) in [5, 5.41) is 0. The van der Waals surface area contributed by atoms with Crippen molar-refractivity contribution in [1.82, 2.24) is 15.0 Å². The number of H-pyrrole nitrogens is 1. The lowest BCUT2D eigenvalue weighted by Crippen LogP contribution is -1.84. The van der Waals surface area contributed by atoms with Crippen molar-refractivity contribution in [2.45, 2.75) is 0 Å². The van der Waals surface area contributed by atoms with Gasteiger partial charge in [-0.15, -0.1) is 0 Å². The Balaban J connectivity index is 2.06. The van der Waals surface area contributed by atoms with Crippen LogP contribution in [-0.2, 0) is 0 Å². The Bertz CT molecular complexity index is 600. The molecule has 0 saturated heterocycles. The van der Waals surface area contributed by atoms with Gasteiger partial charge in [0.1, 0.15) is 0 Å². The Kier molecular flexibility index (Phi) is 2.43. The molecule has 3 rings (SSSR count). The number of hydrogen-bond acceptors (Lipinski definition) is 2. The molecule has 0 saturated carbocycles. The van der Waals surface area contributed by atoms with E-state index in [0.29, 0.717) is 0 Å². The van der Waals surface area contributed by atoms with Gasteiger partial charge in [-0.25, -0.2) is 4.98 Å². The number of benzene rings is 1. The Morgan fingerprint density at radius 2 is 1.82 bits per heavy atom. The zero-order chi connectivity index (χ0) is 11.5. The van der Waals surface area contributed by atoms with E-state index in [1.54, 1.807) is 6.20 Å². The van der Waals surface area contributed by atoms with Crippen molar-refractivity contribution in [3.05, 3.63) is 61.2 Å². The number of hydrogen-bond donors (Lipinski definition) is 1. The minimum atomic E-state index is 0.879. The van der Waals surface area contributed by atoms with Crippen LogP contribution in [0.5, 0.6) is 0 Å². The molecule has 0 aliphatic carbocycles. The predicted molar refractivity (Wildman–Crippen MR) is 66.1 cm³/mol. The summed E-state index contributed by atoms with van der Waals surface area (Å²) in [6.45, 7) is 0. The first-order valence-electron chi connectivity index (χ1n) is 5.37. The molecule has 0 spiro atoms. The molecule has 0 amide bonds. The summed E-state index contributed by atoms with van der Waals surface area (Å²) in [5.74, 6) is 0. The molecule has 2 heterocycles. The van der Waals surface area contributed by atoms with Gasteiger partial charge >= 0.3 is 0 Å². The Morgan fingerprint density at radius 3 is 2.59 bits per heavy atom. The number of aromatic amines is 1. The molecular formula is C14H10N3. The van der Waals surface area contributed by atoms with Crippen LogP contribution >= 0.6 is 0 Å². The average Bonchev–Trinajstić information content (AvgIpc) is 2.94. The highest BCUT2D eigenvalue weighted by molar-refractivity contribution is 5.67. The zero-order valence-electron chi connectivity index (χ0n) is 9.09. The number of nitrogens with one attached hydrogen (secondary N) is 1. The molecule has 0 unspecified atom stereocenters. The molecule has 3 nitrogen and oxygen atoms in total. The van der Waals surface area contributed by atoms with Gasteiger partial charge in [-0.1, -0.05) is 30.3 Å². The van der Waals surface area contributed by atoms with E-state index in [0.717, 1.165) is 22.5 Å². The first-order valence-corrected chi connectivity index (χ1v) is 5.37. The third-order valence-corrected chi connectivity index (χ3v) is 2.58. The zero-order valence-corrected chi connectivity index (χ0v) is 9.09. The summed E-state index contributed by atoms with van der Waals surface area (Å²) in [6.07, 6.45) is 6.31. The first-order chi connectivity index (χ1) is 8.43. The quantitative estimate of drug-likeness (QED) is 0.721. The normalized spacial score (nSPS) is 10.4. The van der Waals surface area contributed by atoms with Crippen molar-refractivity contribution < 1.29 is 0 Å². The summed E-state index contributed by atoms with van der Waals surface area (Å²) in [4.78, 5) is 11.3. The maximum absolute atomic E-state index is 4.37. The molecule has 0 fully saturated rings. The van der Waals surface area contributed by atoms with Gasteiger partial charge in [-0.2, -0.15) is 0 Å². The maximum atomic E-state index is 4.37. The second-order valence-corrected chi connectivity index (χ2v) is 3.69. The molecule has 0 aliphatic heterocycles. The fourth-order valence-electron chi connectivity index (χ4n) is 1.73. The van der Waals surface area contributed by atoms with E-state index in [9.17, 15) is 0 Å². The SMILES string of the molecule is [c]1nc(-c2ccnc(-c3ccccc3)c2)c[nH]1. The minimum Gasteiger partial charge on any atom is -0.341 e. The van der Waals surface area contributed by atoms with Crippen molar-refractivity contribution in [3.63, 3.8) is 0 Å². The number of pyridine rings is 1. The molecule has 1 radical (unpaired) electrons. The van der Waals surface area contributed by atoms with Gasteiger partial charge in [0.05, 0.1) is 11.4 Å². The van der Waals surface area contributed by atoms with Crippen molar-refractivity contribution in [3.8, 4) is 22.5 Å². The highest BCUT2D eigenvalue weighted by Crippen LogP contribution is 2.22. The molecule has 17 heavy (non-hydrogen) atoms. The van der Waals surface area contributed by atoms with E-state index in [4.69, 9.17) is 0 Å². The van der Waals surface area contributed by atoms with Crippen molar-refractivity contribution in [2.24, 2.45) is 0 Å². The molecule has 3 aromatic rings. The van der Waals surface area contributed by atoms with Gasteiger partial charge in [-0.3, -0.25) is 4.98 Å². The van der Waals surface area contributed by atoms with Crippen LogP contribution in [0.15, 0.2) is 54.9 Å². The fourth-order valence-corrected chi connectivity index (χ4v) is 1.73. The average molecular weight is 220 g/mol. The van der Waals surface area contributed by atoms with Crippen molar-refractivity contribution >= 4 is 0 Å². The lowest BCUT2D eigenvalue weighted by molar-refractivity contribution is 1.28. The van der Waals surface area contributed by atoms with Gasteiger partial charge in [0.25, 0.3) is 0 Å². The summed E-state index contributed by atoms with van der Waals surface area (Å²) in [5.41, 5.74) is 3.97. The highest BCUT2D eigenvalue weighted by Gasteiger charge is 2.03. The van der Waals surface area contributed by atoms with Crippen LogP contribution in [0.4, 0.5) is 0 Å². The number of nitrogens with zero attached hydrogens (tertiary/aromatic N) is 2. The molecule has 1 aromatic carbocycles. The van der Waals surface area contributed by atoms with Crippen LogP contribution in [0.1, 0.15) is 0 Å². The molecule has 0 aliphatic rings. The third kappa shape index (κ3) is 1.95. The van der Waals surface area contributed by atoms with Crippen LogP contribution in [0.2, 0.25) is 0 Å². The summed E-state index contributed by atoms with van der Waals surface area (Å²) in [7, 11) is 0. The van der Waals surface area contributed by atoms with E-state index in [-0.39, 0.29) is 0 Å². The smallest absolute Gasteiger partial charge is 0.174 e. The van der Waals surface area contributed by atoms with E-state index in [1.165, 1.54) is 0 Å². The third-order valence-electron chi connectivity index (χ3n) is 2.58. The van der Waals surface area contributed by atoms with Crippen LogP contribution in [-0.4, -0.2) is 15.0 Å². The van der Waals surface area contributed by atoms with E-state index in [2.05, 4.69) is 21.3 Å². The van der Waals surface area contributed by atoms with E-state index < -0.39 is 0 Å². The monoisotopic (exact) mass is 220 g/mol. The molecule has 1 N–H and O–H groups in total. The molecule has 3 heteroatoms. The topological polar surface area (TPSA) is 41.6 Å². The van der Waals surface area contributed by atoms with Gasteiger partial charge < -0.3 is 4.98 Å². The van der Waals surface area contributed by atoms with Crippen molar-refractivity contribution in [2.75, 3.05) is 0 Å². The largest absolute Gasteiger partial charge is 0.341 e. The Labute approximate surface area is 99.2 Å². The summed E-state index contributed by atoms with van der Waals surface area (Å²) >= 11 is 0. The fraction of sp³-hybridized carbons (Fsp3) is 0. The maximum Gasteiger partial charge on any atom is 0.174 e. The van der Waals surface area contributed by atoms with Gasteiger partial charge in [0, 0.05) is 23.5 Å². The van der Waals surface area contributed by atoms with Crippen LogP contribution in [0, 0.1) is 6.33 Å². The van der Waals surface area contributed by atoms with Gasteiger partial charge in [0.15, 0.2) is 6.33 Å². The molecular weight excluding hydrogens is 210 g/mol. The first kappa shape index (κ1) is 9.78. The summed E-state index contributed by atoms with van der Waals surface area (Å²) < 4.78 is 0. The molecule has 0 atom stereocenters. The predicted octanol–water partition coefficient (Wildman–Crippen LogP) is 2.94. The van der Waals surface area contributed by atoms with Crippen LogP contribution in [0.25, 0.3) is 22.5 Å². The van der Waals surface area contributed by atoms with Crippen LogP contribution < -0.4 is 0 Å². The van der Waals surface area contributed by atoms with Gasteiger partial charge in [0.2, 0.25) is 0 Å². The second kappa shape index (κ2) is 4.22. The standard InChI is InChI=1S/C14H10N3/c1-2-4-11(5-3-1)13-8-12(6-7-16-13)14-9-15-10-17-14/h1-9H,(H,15,17). The molecule has 0 bridgehead atoms. The van der Waals surface area contributed by atoms with E-state index >= 15 is 0 Å². The number of rotatable bonds is 2. The Morgan fingerprint density at radius 1 is 0.941 bits per heavy atom. The van der Waals surface area contributed by atoms with Crippen LogP contribution in [0.3, 0.4) is 0 Å². The molecule has 81 valence electrons. The van der Waals surface area contributed by atoms with E-state index in [1.807, 2.05) is 48.7 Å². The molecule has 2 aromatic heterocycles. The number of aromatic nitrogens is 3. The number of imidazole rings is 1. The minimum absolute atomic E-state index is 0.879. The highest BCUT2D eigenvalue weighted by atomic mass is 14.9. The summed E-state index contributed by atoms with van der Waals surface area (Å²) in [6, 6.07) is 14.1. The second-order valence-electron chi connectivity index (χ2n) is 3.69. The lowest BCUT2D eigenvalue weighted by atomic mass is 10.1. The lowest BCUT2D eigenvalue weighted by Gasteiger charge is -2.02. The Hall–Kier alpha value is -2.42. The van der Waals surface area contributed by atoms with Gasteiger partial charge in [-0.05, 0) is 12.1 Å². The van der Waals surface area contributed by atoms with Crippen molar-refractivity contribution in [1.29, 1.82) is 0 Å².